The summed E-state index contributed by atoms with van der Waals surface area (Å²) in [5.74, 6) is 0.558. The van der Waals surface area contributed by atoms with Crippen LogP contribution in [0.3, 0.4) is 0 Å². The number of hydrogen-bond donors (Lipinski definition) is 1. The van der Waals surface area contributed by atoms with Crippen LogP contribution in [0.5, 0.6) is 0 Å². The highest BCUT2D eigenvalue weighted by Crippen LogP contribution is 2.25. The zero-order chi connectivity index (χ0) is 18.7. The van der Waals surface area contributed by atoms with Crippen LogP contribution in [-0.4, -0.2) is 42.4 Å². The fraction of sp³-hybridized carbons (Fsp3) is 0.375. The number of benzene rings is 1. The van der Waals surface area contributed by atoms with Gasteiger partial charge in [-0.3, -0.25) is 10.1 Å². The molecule has 2 heterocycles. The van der Waals surface area contributed by atoms with Gasteiger partial charge in [0.15, 0.2) is 0 Å². The number of nitrogens with one attached hydrogen (secondary N) is 1. The highest BCUT2D eigenvalue weighted by molar-refractivity contribution is 7.89. The molecule has 1 aliphatic heterocycles. The van der Waals surface area contributed by atoms with E-state index in [2.05, 4.69) is 14.7 Å². The molecule has 0 unspecified atom stereocenters. The van der Waals surface area contributed by atoms with Gasteiger partial charge in [0, 0.05) is 43.2 Å². The second-order valence-corrected chi connectivity index (χ2v) is 7.80. The first kappa shape index (κ1) is 18.2. The summed E-state index contributed by atoms with van der Waals surface area (Å²) in [6.45, 7) is 2.63. The van der Waals surface area contributed by atoms with Crippen LogP contribution in [0.1, 0.15) is 18.4 Å². The number of nitro groups is 1. The second kappa shape index (κ2) is 7.34. The number of nitro benzene ring substituents is 1. The largest absolute Gasteiger partial charge is 0.339 e. The number of anilines is 1. The molecule has 1 saturated heterocycles. The van der Waals surface area contributed by atoms with Crippen LogP contribution in [-0.2, 0) is 10.0 Å². The maximum atomic E-state index is 12.8. The Balaban J connectivity index is 1.79. The first-order valence-corrected chi connectivity index (χ1v) is 9.65. The van der Waals surface area contributed by atoms with Gasteiger partial charge < -0.3 is 4.90 Å². The predicted octanol–water partition coefficient (Wildman–Crippen LogP) is 1.64. The molecule has 0 spiro atoms. The molecule has 10 heteroatoms. The molecule has 1 aliphatic rings. The first-order chi connectivity index (χ1) is 12.4. The minimum atomic E-state index is -3.87. The van der Waals surface area contributed by atoms with E-state index in [1.54, 1.807) is 18.5 Å². The summed E-state index contributed by atoms with van der Waals surface area (Å²) in [6, 6.07) is 5.45. The van der Waals surface area contributed by atoms with Gasteiger partial charge in [-0.15, -0.1) is 0 Å². The van der Waals surface area contributed by atoms with E-state index in [1.807, 2.05) is 4.90 Å². The lowest BCUT2D eigenvalue weighted by Crippen LogP contribution is -2.48. The van der Waals surface area contributed by atoms with E-state index in [0.717, 1.165) is 13.0 Å². The molecule has 3 rings (SSSR count). The lowest BCUT2D eigenvalue weighted by Gasteiger charge is -2.32. The van der Waals surface area contributed by atoms with Gasteiger partial charge in [0.05, 0.1) is 9.82 Å². The third-order valence-electron chi connectivity index (χ3n) is 4.32. The molecule has 1 aromatic heterocycles. The monoisotopic (exact) mass is 377 g/mol. The maximum Gasteiger partial charge on any atom is 0.273 e. The van der Waals surface area contributed by atoms with Crippen LogP contribution < -0.4 is 9.62 Å². The number of hydrogen-bond acceptors (Lipinski definition) is 7. The average molecular weight is 377 g/mol. The normalized spacial score (nSPS) is 17.9. The van der Waals surface area contributed by atoms with E-state index in [1.165, 1.54) is 25.1 Å². The molecule has 2 aromatic rings. The summed E-state index contributed by atoms with van der Waals surface area (Å²) in [6.07, 6.45) is 4.75. The van der Waals surface area contributed by atoms with Crippen molar-refractivity contribution >= 4 is 21.7 Å². The van der Waals surface area contributed by atoms with Crippen molar-refractivity contribution in [2.45, 2.75) is 30.7 Å². The van der Waals surface area contributed by atoms with Crippen molar-refractivity contribution in [1.29, 1.82) is 0 Å². The maximum absolute atomic E-state index is 12.8. The van der Waals surface area contributed by atoms with Gasteiger partial charge in [-0.25, -0.2) is 23.1 Å². The molecule has 0 aliphatic carbocycles. The van der Waals surface area contributed by atoms with Crippen molar-refractivity contribution in [3.8, 4) is 0 Å². The minimum Gasteiger partial charge on any atom is -0.339 e. The Morgan fingerprint density at radius 1 is 1.27 bits per heavy atom. The van der Waals surface area contributed by atoms with E-state index in [9.17, 15) is 18.5 Å². The number of nitrogens with zero attached hydrogens (tertiary/aromatic N) is 4. The Hall–Kier alpha value is -2.59. The van der Waals surface area contributed by atoms with Gasteiger partial charge >= 0.3 is 0 Å². The molecule has 0 saturated carbocycles. The summed E-state index contributed by atoms with van der Waals surface area (Å²) >= 11 is 0. The van der Waals surface area contributed by atoms with Crippen molar-refractivity contribution < 1.29 is 13.3 Å². The van der Waals surface area contributed by atoms with Crippen molar-refractivity contribution in [2.24, 2.45) is 0 Å². The summed E-state index contributed by atoms with van der Waals surface area (Å²) in [5, 5.41) is 11.1. The summed E-state index contributed by atoms with van der Waals surface area (Å²) < 4.78 is 28.2. The number of piperidine rings is 1. The minimum absolute atomic E-state index is 0.0696. The van der Waals surface area contributed by atoms with Gasteiger partial charge in [0.1, 0.15) is 0 Å². The first-order valence-electron chi connectivity index (χ1n) is 8.17. The molecule has 0 radical (unpaired) electrons. The third-order valence-corrected chi connectivity index (χ3v) is 5.98. The van der Waals surface area contributed by atoms with Crippen molar-refractivity contribution in [2.75, 3.05) is 18.0 Å². The van der Waals surface area contributed by atoms with Crippen LogP contribution in [0.2, 0.25) is 0 Å². The molecular formula is C16H19N5O4S. The molecule has 0 amide bonds. The zero-order valence-corrected chi connectivity index (χ0v) is 15.0. The molecular weight excluding hydrogens is 358 g/mol. The van der Waals surface area contributed by atoms with Crippen molar-refractivity contribution in [3.05, 3.63) is 52.3 Å². The lowest BCUT2D eigenvalue weighted by molar-refractivity contribution is -0.385. The van der Waals surface area contributed by atoms with Crippen molar-refractivity contribution in [1.82, 2.24) is 14.7 Å². The fourth-order valence-electron chi connectivity index (χ4n) is 3.08. The van der Waals surface area contributed by atoms with E-state index in [-0.39, 0.29) is 22.2 Å². The Kier molecular flexibility index (Phi) is 5.14. The molecule has 1 aromatic carbocycles. The molecule has 138 valence electrons. The fourth-order valence-corrected chi connectivity index (χ4v) is 4.61. The standard InChI is InChI=1S/C16H19N5O4S/c1-12-14(21(22)23)6-2-7-15(12)26(24,25)19-13-5-3-10-20(11-13)16-17-8-4-9-18-16/h2,4,6-9,13,19H,3,5,10-11H2,1H3/t13-/m0/s1. The van der Waals surface area contributed by atoms with Crippen molar-refractivity contribution in [3.63, 3.8) is 0 Å². The van der Waals surface area contributed by atoms with E-state index >= 15 is 0 Å². The van der Waals surface area contributed by atoms with Gasteiger partial charge in [-0.1, -0.05) is 6.07 Å². The molecule has 1 fully saturated rings. The highest BCUT2D eigenvalue weighted by Gasteiger charge is 2.29. The van der Waals surface area contributed by atoms with Crippen LogP contribution in [0.15, 0.2) is 41.6 Å². The number of aromatic nitrogens is 2. The average Bonchev–Trinajstić information content (AvgIpc) is 2.62. The van der Waals surface area contributed by atoms with Crippen LogP contribution in [0, 0.1) is 17.0 Å². The number of sulfonamides is 1. The quantitative estimate of drug-likeness (QED) is 0.621. The summed E-state index contributed by atoms with van der Waals surface area (Å²) in [7, 11) is -3.87. The highest BCUT2D eigenvalue weighted by atomic mass is 32.2. The molecule has 0 bridgehead atoms. The van der Waals surface area contributed by atoms with Gasteiger partial charge in [-0.2, -0.15) is 0 Å². The Labute approximate surface area is 151 Å². The van der Waals surface area contributed by atoms with Crippen LogP contribution >= 0.6 is 0 Å². The van der Waals surface area contributed by atoms with Crippen LogP contribution in [0.4, 0.5) is 11.6 Å². The van der Waals surface area contributed by atoms with Crippen LogP contribution in [0.25, 0.3) is 0 Å². The second-order valence-electron chi connectivity index (χ2n) is 6.11. The van der Waals surface area contributed by atoms with Gasteiger partial charge in [-0.05, 0) is 31.9 Å². The molecule has 26 heavy (non-hydrogen) atoms. The van der Waals surface area contributed by atoms with Gasteiger partial charge in [0.2, 0.25) is 16.0 Å². The summed E-state index contributed by atoms with van der Waals surface area (Å²) in [5.41, 5.74) is -0.0834. The SMILES string of the molecule is Cc1c([N+](=O)[O-])cccc1S(=O)(=O)N[C@H]1CCCN(c2ncccn2)C1. The Morgan fingerprint density at radius 3 is 2.69 bits per heavy atom. The van der Waals surface area contributed by atoms with E-state index < -0.39 is 14.9 Å². The smallest absolute Gasteiger partial charge is 0.273 e. The Morgan fingerprint density at radius 2 is 2.00 bits per heavy atom. The lowest BCUT2D eigenvalue weighted by atomic mass is 10.1. The molecule has 1 N–H and O–H groups in total. The molecule has 1 atom stereocenters. The summed E-state index contributed by atoms with van der Waals surface area (Å²) in [4.78, 5) is 20.7. The topological polar surface area (TPSA) is 118 Å². The van der Waals surface area contributed by atoms with E-state index in [4.69, 9.17) is 0 Å². The Bertz CT molecular complexity index is 904. The third kappa shape index (κ3) is 3.81. The molecule has 9 nitrogen and oxygen atoms in total. The van der Waals surface area contributed by atoms with E-state index in [0.29, 0.717) is 18.9 Å². The van der Waals surface area contributed by atoms with Gasteiger partial charge in [0.25, 0.3) is 5.69 Å². The predicted molar refractivity (Wildman–Crippen MR) is 95.4 cm³/mol. The number of rotatable bonds is 5. The zero-order valence-electron chi connectivity index (χ0n) is 14.2.